The van der Waals surface area contributed by atoms with Crippen LogP contribution in [-0.2, 0) is 4.79 Å². The summed E-state index contributed by atoms with van der Waals surface area (Å²) < 4.78 is 0. The van der Waals surface area contributed by atoms with Gasteiger partial charge in [-0.05, 0) is 6.42 Å². The normalized spacial score (nSPS) is 8.78. The molecule has 9 heavy (non-hydrogen) atoms. The Balaban J connectivity index is 0. The van der Waals surface area contributed by atoms with Crippen LogP contribution in [0.15, 0.2) is 0 Å². The van der Waals surface area contributed by atoms with Crippen molar-refractivity contribution in [1.82, 2.24) is 0 Å². The third-order valence-electron chi connectivity index (χ3n) is 0.692. The Morgan fingerprint density at radius 1 is 1.56 bits per heavy atom. The fourth-order valence-electron chi connectivity index (χ4n) is 0.290. The van der Waals surface area contributed by atoms with Crippen molar-refractivity contribution in [2.24, 2.45) is 11.5 Å². The Morgan fingerprint density at radius 3 is 2.11 bits per heavy atom. The summed E-state index contributed by atoms with van der Waals surface area (Å²) >= 11 is 0. The first kappa shape index (κ1) is 11.5. The van der Waals surface area contributed by atoms with Gasteiger partial charge in [-0.25, -0.2) is 0 Å². The van der Waals surface area contributed by atoms with Crippen LogP contribution < -0.4 is 11.5 Å². The molecule has 0 aromatic carbocycles. The first-order valence-electron chi connectivity index (χ1n) is 2.36. The number of hydrogen-bond donors (Lipinski definition) is 3. The van der Waals surface area contributed by atoms with Crippen molar-refractivity contribution < 1.29 is 9.90 Å². The second kappa shape index (κ2) is 5.81. The third-order valence-corrected chi connectivity index (χ3v) is 0.692. The molecule has 0 aromatic rings. The molecule has 0 amide bonds. The van der Waals surface area contributed by atoms with Gasteiger partial charge >= 0.3 is 5.97 Å². The van der Waals surface area contributed by atoms with E-state index in [9.17, 15) is 4.79 Å². The van der Waals surface area contributed by atoms with Crippen LogP contribution in [0.2, 0.25) is 0 Å². The molecule has 0 rings (SSSR count). The van der Waals surface area contributed by atoms with Gasteiger partial charge in [0.25, 0.3) is 0 Å². The summed E-state index contributed by atoms with van der Waals surface area (Å²) in [7, 11) is 0. The van der Waals surface area contributed by atoms with E-state index in [1.807, 2.05) is 0 Å². The average Bonchev–Trinajstić information content (AvgIpc) is 1.61. The lowest BCUT2D eigenvalue weighted by Crippen LogP contribution is -2.30. The minimum Gasteiger partial charge on any atom is -0.481 e. The Kier molecular flexibility index (Phi) is 7.41. The summed E-state index contributed by atoms with van der Waals surface area (Å²) in [5.41, 5.74) is 10.1. The van der Waals surface area contributed by atoms with Gasteiger partial charge in [-0.1, -0.05) is 0 Å². The number of carbonyl (C=O) groups is 1. The van der Waals surface area contributed by atoms with Gasteiger partial charge in [0.1, 0.15) is 0 Å². The highest BCUT2D eigenvalue weighted by Crippen LogP contribution is 1.86. The van der Waals surface area contributed by atoms with Crippen LogP contribution in [0.3, 0.4) is 0 Å². The van der Waals surface area contributed by atoms with Gasteiger partial charge in [-0.2, -0.15) is 0 Å². The number of rotatable bonds is 3. The summed E-state index contributed by atoms with van der Waals surface area (Å²) in [6.07, 6.45) is -0.0985. The Bertz CT molecular complexity index is 86.6. The SMILES string of the molecule is Cl.NC(N)CCC(=O)O. The smallest absolute Gasteiger partial charge is 0.303 e. The zero-order valence-corrected chi connectivity index (χ0v) is 5.73. The van der Waals surface area contributed by atoms with E-state index < -0.39 is 12.1 Å². The molecule has 0 bridgehead atoms. The molecule has 0 saturated carbocycles. The highest BCUT2D eigenvalue weighted by atomic mass is 35.5. The summed E-state index contributed by atoms with van der Waals surface area (Å²) in [5.74, 6) is -0.856. The second-order valence-electron chi connectivity index (χ2n) is 1.60. The van der Waals surface area contributed by atoms with E-state index in [0.717, 1.165) is 0 Å². The molecule has 56 valence electrons. The number of halogens is 1. The maximum absolute atomic E-state index is 9.79. The van der Waals surface area contributed by atoms with Crippen molar-refractivity contribution in [3.8, 4) is 0 Å². The standard InChI is InChI=1S/C4H10N2O2.ClH/c5-3(6)1-2-4(7)8;/h3H,1-2,5-6H2,(H,7,8);1H. The van der Waals surface area contributed by atoms with E-state index in [4.69, 9.17) is 16.6 Å². The lowest BCUT2D eigenvalue weighted by molar-refractivity contribution is -0.137. The minimum atomic E-state index is -0.856. The van der Waals surface area contributed by atoms with Crippen molar-refractivity contribution in [1.29, 1.82) is 0 Å². The van der Waals surface area contributed by atoms with Crippen molar-refractivity contribution in [2.75, 3.05) is 0 Å². The van der Waals surface area contributed by atoms with Gasteiger partial charge in [-0.15, -0.1) is 12.4 Å². The van der Waals surface area contributed by atoms with E-state index in [1.165, 1.54) is 0 Å². The molecular weight excluding hydrogens is 144 g/mol. The molecule has 0 radical (unpaired) electrons. The minimum absolute atomic E-state index is 0. The molecule has 0 aromatic heterocycles. The first-order valence-corrected chi connectivity index (χ1v) is 2.36. The lowest BCUT2D eigenvalue weighted by atomic mass is 10.3. The number of nitrogens with two attached hydrogens (primary N) is 2. The molecule has 0 fully saturated rings. The molecule has 0 aliphatic carbocycles. The molecule has 5 N–H and O–H groups in total. The van der Waals surface area contributed by atoms with Crippen LogP contribution in [-0.4, -0.2) is 17.2 Å². The maximum atomic E-state index is 9.79. The Hall–Kier alpha value is -0.320. The van der Waals surface area contributed by atoms with Crippen molar-refractivity contribution >= 4 is 18.4 Å². The summed E-state index contributed by atoms with van der Waals surface area (Å²) in [6, 6.07) is 0. The quantitative estimate of drug-likeness (QED) is 0.479. The van der Waals surface area contributed by atoms with Gasteiger partial charge in [0.2, 0.25) is 0 Å². The van der Waals surface area contributed by atoms with Crippen LogP contribution in [0.1, 0.15) is 12.8 Å². The largest absolute Gasteiger partial charge is 0.481 e. The fraction of sp³-hybridized carbons (Fsp3) is 0.750. The number of aliphatic carboxylic acids is 1. The monoisotopic (exact) mass is 154 g/mol. The summed E-state index contributed by atoms with van der Waals surface area (Å²) in [4.78, 5) is 9.79. The Labute approximate surface area is 59.6 Å². The van der Waals surface area contributed by atoms with E-state index in [2.05, 4.69) is 0 Å². The molecule has 0 heterocycles. The third kappa shape index (κ3) is 11.3. The van der Waals surface area contributed by atoms with Crippen molar-refractivity contribution in [3.63, 3.8) is 0 Å². The van der Waals surface area contributed by atoms with Gasteiger partial charge in [0.05, 0.1) is 6.17 Å². The predicted octanol–water partition coefficient (Wildman–Crippen LogP) is -0.484. The number of carboxylic acids is 1. The topological polar surface area (TPSA) is 89.3 Å². The molecule has 4 nitrogen and oxygen atoms in total. The van der Waals surface area contributed by atoms with Crippen molar-refractivity contribution in [3.05, 3.63) is 0 Å². The molecule has 0 spiro atoms. The van der Waals surface area contributed by atoms with E-state index >= 15 is 0 Å². The molecule has 0 aliphatic rings. The molecule has 0 unspecified atom stereocenters. The summed E-state index contributed by atoms with van der Waals surface area (Å²) in [5, 5.41) is 8.05. The first-order chi connectivity index (χ1) is 3.63. The molecule has 0 saturated heterocycles. The van der Waals surface area contributed by atoms with Crippen LogP contribution in [0.4, 0.5) is 0 Å². The predicted molar refractivity (Wildman–Crippen MR) is 36.3 cm³/mol. The van der Waals surface area contributed by atoms with Gasteiger partial charge in [-0.3, -0.25) is 4.79 Å². The average molecular weight is 155 g/mol. The molecular formula is C4H11ClN2O2. The zero-order chi connectivity index (χ0) is 6.57. The van der Waals surface area contributed by atoms with Crippen molar-refractivity contribution in [2.45, 2.75) is 19.0 Å². The molecule has 0 atom stereocenters. The van der Waals surface area contributed by atoms with Crippen LogP contribution >= 0.6 is 12.4 Å². The van der Waals surface area contributed by atoms with Gasteiger partial charge in [0, 0.05) is 6.42 Å². The van der Waals surface area contributed by atoms with E-state index in [0.29, 0.717) is 6.42 Å². The van der Waals surface area contributed by atoms with Gasteiger partial charge in [0.15, 0.2) is 0 Å². The van der Waals surface area contributed by atoms with E-state index in [-0.39, 0.29) is 18.8 Å². The maximum Gasteiger partial charge on any atom is 0.303 e. The second-order valence-corrected chi connectivity index (χ2v) is 1.60. The highest BCUT2D eigenvalue weighted by molar-refractivity contribution is 5.85. The van der Waals surface area contributed by atoms with E-state index in [1.54, 1.807) is 0 Å². The number of carboxylic acid groups (broad SMARTS) is 1. The fourth-order valence-corrected chi connectivity index (χ4v) is 0.290. The highest BCUT2D eigenvalue weighted by Gasteiger charge is 1.98. The zero-order valence-electron chi connectivity index (χ0n) is 4.91. The molecule has 0 aliphatic heterocycles. The van der Waals surface area contributed by atoms with Crippen LogP contribution in [0.5, 0.6) is 0 Å². The molecule has 5 heteroatoms. The summed E-state index contributed by atoms with van der Waals surface area (Å²) in [6.45, 7) is 0. The lowest BCUT2D eigenvalue weighted by Gasteiger charge is -1.98. The van der Waals surface area contributed by atoms with Crippen LogP contribution in [0.25, 0.3) is 0 Å². The van der Waals surface area contributed by atoms with Crippen LogP contribution in [0, 0.1) is 0 Å². The number of hydrogen-bond acceptors (Lipinski definition) is 3. The van der Waals surface area contributed by atoms with Gasteiger partial charge < -0.3 is 16.6 Å². The Morgan fingerprint density at radius 2 is 2.00 bits per heavy atom.